The zero-order chi connectivity index (χ0) is 16.2. The molecule has 2 fully saturated rings. The second-order valence-corrected chi connectivity index (χ2v) is 7.06. The summed E-state index contributed by atoms with van der Waals surface area (Å²) in [6.07, 6.45) is 5.31. The van der Waals surface area contributed by atoms with Gasteiger partial charge in [0.1, 0.15) is 5.75 Å². The van der Waals surface area contributed by atoms with Gasteiger partial charge in [0.15, 0.2) is 6.61 Å². The smallest absolute Gasteiger partial charge is 0.260 e. The van der Waals surface area contributed by atoms with Crippen molar-refractivity contribution in [1.82, 2.24) is 9.80 Å². The molecule has 2 aliphatic rings. The topological polar surface area (TPSA) is 32.8 Å². The summed E-state index contributed by atoms with van der Waals surface area (Å²) in [5, 5.41) is 1.01. The maximum atomic E-state index is 12.3. The second kappa shape index (κ2) is 7.73. The summed E-state index contributed by atoms with van der Waals surface area (Å²) in [6.45, 7) is 3.50. The van der Waals surface area contributed by atoms with Crippen LogP contribution in [0.1, 0.15) is 25.7 Å². The molecule has 1 saturated heterocycles. The molecule has 1 heterocycles. The minimum absolute atomic E-state index is 0.00346. The van der Waals surface area contributed by atoms with Gasteiger partial charge in [-0.05, 0) is 25.0 Å². The average Bonchev–Trinajstić information content (AvgIpc) is 3.10. The Morgan fingerprint density at radius 2 is 1.83 bits per heavy atom. The quantitative estimate of drug-likeness (QED) is 0.827. The molecule has 1 aliphatic heterocycles. The van der Waals surface area contributed by atoms with Crippen molar-refractivity contribution in [1.29, 1.82) is 0 Å². The minimum Gasteiger partial charge on any atom is -0.482 e. The second-order valence-electron chi connectivity index (χ2n) is 6.22. The van der Waals surface area contributed by atoms with Crippen molar-refractivity contribution in [2.45, 2.75) is 31.7 Å². The van der Waals surface area contributed by atoms with Crippen LogP contribution in [0.25, 0.3) is 0 Å². The number of carbonyl (C=O) groups is 1. The number of hydrogen-bond acceptors (Lipinski definition) is 3. The lowest BCUT2D eigenvalue weighted by Crippen LogP contribution is -2.52. The monoisotopic (exact) mass is 356 g/mol. The summed E-state index contributed by atoms with van der Waals surface area (Å²) in [7, 11) is 0. The molecule has 3 rings (SSSR count). The van der Waals surface area contributed by atoms with E-state index in [0.29, 0.717) is 15.8 Å². The predicted octanol–water partition coefficient (Wildman–Crippen LogP) is 3.46. The highest BCUT2D eigenvalue weighted by Crippen LogP contribution is 2.28. The van der Waals surface area contributed by atoms with Gasteiger partial charge >= 0.3 is 0 Å². The number of nitrogens with zero attached hydrogens (tertiary/aromatic N) is 2. The summed E-state index contributed by atoms with van der Waals surface area (Å²) < 4.78 is 5.54. The summed E-state index contributed by atoms with van der Waals surface area (Å²) in [5.74, 6) is 0.462. The Balaban J connectivity index is 1.47. The first-order valence-corrected chi connectivity index (χ1v) is 8.99. The predicted molar refractivity (Wildman–Crippen MR) is 92.4 cm³/mol. The van der Waals surface area contributed by atoms with Gasteiger partial charge in [-0.3, -0.25) is 9.69 Å². The van der Waals surface area contributed by atoms with Crippen LogP contribution in [0.15, 0.2) is 18.2 Å². The first-order valence-electron chi connectivity index (χ1n) is 8.23. The maximum Gasteiger partial charge on any atom is 0.260 e. The lowest BCUT2D eigenvalue weighted by molar-refractivity contribution is -0.135. The molecule has 1 amide bonds. The average molecular weight is 357 g/mol. The Morgan fingerprint density at radius 3 is 2.52 bits per heavy atom. The van der Waals surface area contributed by atoms with Crippen LogP contribution in [0.2, 0.25) is 10.0 Å². The molecular weight excluding hydrogens is 335 g/mol. The van der Waals surface area contributed by atoms with Crippen LogP contribution in [0.4, 0.5) is 0 Å². The van der Waals surface area contributed by atoms with E-state index in [1.54, 1.807) is 18.2 Å². The highest BCUT2D eigenvalue weighted by atomic mass is 35.5. The van der Waals surface area contributed by atoms with E-state index in [2.05, 4.69) is 4.90 Å². The third-order valence-corrected chi connectivity index (χ3v) is 5.30. The van der Waals surface area contributed by atoms with Crippen LogP contribution in [-0.4, -0.2) is 54.5 Å². The number of hydrogen-bond donors (Lipinski definition) is 0. The Bertz CT molecular complexity index is 554. The fourth-order valence-electron chi connectivity index (χ4n) is 3.42. The van der Waals surface area contributed by atoms with Gasteiger partial charge < -0.3 is 9.64 Å². The van der Waals surface area contributed by atoms with Crippen LogP contribution in [0, 0.1) is 0 Å². The largest absolute Gasteiger partial charge is 0.482 e. The fourth-order valence-corrected chi connectivity index (χ4v) is 3.76. The van der Waals surface area contributed by atoms with E-state index < -0.39 is 0 Å². The first kappa shape index (κ1) is 16.9. The minimum atomic E-state index is 0.00346. The summed E-state index contributed by atoms with van der Waals surface area (Å²) >= 11 is 12.0. The molecule has 0 N–H and O–H groups in total. The molecule has 4 nitrogen and oxygen atoms in total. The van der Waals surface area contributed by atoms with Gasteiger partial charge in [0.05, 0.1) is 5.02 Å². The number of rotatable bonds is 4. The molecule has 126 valence electrons. The first-order chi connectivity index (χ1) is 11.1. The molecule has 0 radical (unpaired) electrons. The van der Waals surface area contributed by atoms with E-state index in [1.165, 1.54) is 25.7 Å². The number of halogens is 2. The zero-order valence-electron chi connectivity index (χ0n) is 13.1. The molecule has 1 aromatic carbocycles. The molecular formula is C17H22Cl2N2O2. The molecule has 1 saturated carbocycles. The van der Waals surface area contributed by atoms with Gasteiger partial charge in [0.2, 0.25) is 0 Å². The summed E-state index contributed by atoms with van der Waals surface area (Å²) in [5.41, 5.74) is 0. The van der Waals surface area contributed by atoms with Crippen molar-refractivity contribution < 1.29 is 9.53 Å². The number of piperazine rings is 1. The van der Waals surface area contributed by atoms with Gasteiger partial charge in [0.25, 0.3) is 5.91 Å². The molecule has 0 unspecified atom stereocenters. The van der Waals surface area contributed by atoms with E-state index in [9.17, 15) is 4.79 Å². The lowest BCUT2D eigenvalue weighted by atomic mass is 10.2. The van der Waals surface area contributed by atoms with E-state index in [4.69, 9.17) is 27.9 Å². The van der Waals surface area contributed by atoms with Crippen molar-refractivity contribution in [3.8, 4) is 5.75 Å². The third kappa shape index (κ3) is 4.31. The van der Waals surface area contributed by atoms with Crippen LogP contribution >= 0.6 is 23.2 Å². The third-order valence-electron chi connectivity index (χ3n) is 4.75. The van der Waals surface area contributed by atoms with Gasteiger partial charge in [-0.2, -0.15) is 0 Å². The van der Waals surface area contributed by atoms with E-state index in [1.807, 2.05) is 4.90 Å². The molecule has 1 aliphatic carbocycles. The Morgan fingerprint density at radius 1 is 1.13 bits per heavy atom. The van der Waals surface area contributed by atoms with Crippen LogP contribution in [0.3, 0.4) is 0 Å². The van der Waals surface area contributed by atoms with Crippen molar-refractivity contribution in [2.75, 3.05) is 32.8 Å². The molecule has 0 aromatic heterocycles. The number of benzene rings is 1. The van der Waals surface area contributed by atoms with Gasteiger partial charge in [-0.1, -0.05) is 36.0 Å². The Labute approximate surface area is 147 Å². The molecule has 0 spiro atoms. The van der Waals surface area contributed by atoms with E-state index in [0.717, 1.165) is 32.2 Å². The van der Waals surface area contributed by atoms with Crippen molar-refractivity contribution >= 4 is 29.1 Å². The highest BCUT2D eigenvalue weighted by molar-refractivity contribution is 6.34. The van der Waals surface area contributed by atoms with Crippen molar-refractivity contribution in [3.63, 3.8) is 0 Å². The standard InChI is InChI=1S/C17H22Cl2N2O2/c18-13-5-6-15(19)16(11-13)23-12-17(22)21-9-7-20(8-10-21)14-3-1-2-4-14/h5-6,11,14H,1-4,7-10,12H2. The van der Waals surface area contributed by atoms with Gasteiger partial charge in [-0.25, -0.2) is 0 Å². The Kier molecular flexibility index (Phi) is 5.67. The number of ether oxygens (including phenoxy) is 1. The van der Waals surface area contributed by atoms with Crippen LogP contribution < -0.4 is 4.74 Å². The molecule has 0 bridgehead atoms. The molecule has 23 heavy (non-hydrogen) atoms. The van der Waals surface area contributed by atoms with Crippen molar-refractivity contribution in [3.05, 3.63) is 28.2 Å². The number of amides is 1. The van der Waals surface area contributed by atoms with Crippen LogP contribution in [-0.2, 0) is 4.79 Å². The normalized spacial score (nSPS) is 20.0. The van der Waals surface area contributed by atoms with E-state index >= 15 is 0 Å². The van der Waals surface area contributed by atoms with Crippen LogP contribution in [0.5, 0.6) is 5.75 Å². The molecule has 0 atom stereocenters. The Hall–Kier alpha value is -0.970. The maximum absolute atomic E-state index is 12.3. The fraction of sp³-hybridized carbons (Fsp3) is 0.588. The molecule has 6 heteroatoms. The molecule has 1 aromatic rings. The van der Waals surface area contributed by atoms with Gasteiger partial charge in [0, 0.05) is 43.3 Å². The summed E-state index contributed by atoms with van der Waals surface area (Å²) in [4.78, 5) is 16.7. The lowest BCUT2D eigenvalue weighted by Gasteiger charge is -2.38. The zero-order valence-corrected chi connectivity index (χ0v) is 14.7. The SMILES string of the molecule is O=C(COc1cc(Cl)ccc1Cl)N1CCN(C2CCCC2)CC1. The van der Waals surface area contributed by atoms with Crippen molar-refractivity contribution in [2.24, 2.45) is 0 Å². The summed E-state index contributed by atoms with van der Waals surface area (Å²) in [6, 6.07) is 5.73. The highest BCUT2D eigenvalue weighted by Gasteiger charge is 2.27. The number of carbonyl (C=O) groups excluding carboxylic acids is 1. The van der Waals surface area contributed by atoms with E-state index in [-0.39, 0.29) is 12.5 Å². The van der Waals surface area contributed by atoms with Gasteiger partial charge in [-0.15, -0.1) is 0 Å².